The second-order valence-corrected chi connectivity index (χ2v) is 5.72. The predicted octanol–water partition coefficient (Wildman–Crippen LogP) is 3.31. The molecule has 0 aliphatic heterocycles. The minimum Gasteiger partial charge on any atom is -0.289 e. The molecule has 1 aromatic rings. The van der Waals surface area contributed by atoms with Crippen LogP contribution in [0.3, 0.4) is 0 Å². The fourth-order valence-corrected chi connectivity index (χ4v) is 1.88. The van der Waals surface area contributed by atoms with Crippen LogP contribution >= 0.6 is 25.3 Å². The molecule has 3 heteroatoms. The average molecular weight is 248 g/mol. The number of carbonyl (C=O) groups is 1. The van der Waals surface area contributed by atoms with Gasteiger partial charge in [0.1, 0.15) is 0 Å². The van der Waals surface area contributed by atoms with Gasteiger partial charge in [-0.15, -0.1) is 0 Å². The molecule has 0 saturated heterocycles. The van der Waals surface area contributed by atoms with Gasteiger partial charge in [0, 0.05) is 11.1 Å². The molecular weight excluding hydrogens is 236 g/mol. The largest absolute Gasteiger partial charge is 0.289 e. The summed E-state index contributed by atoms with van der Waals surface area (Å²) < 4.78 is -0.430. The van der Waals surface area contributed by atoms with Crippen LogP contribution < -0.4 is 0 Å². The van der Waals surface area contributed by atoms with Gasteiger partial charge in [0.2, 0.25) is 0 Å². The monoisotopic (exact) mass is 248 g/mol. The number of allylic oxidation sites excluding steroid dienone is 3. The highest BCUT2D eigenvalue weighted by Crippen LogP contribution is 2.31. The zero-order valence-corrected chi connectivity index (χ0v) is 10.4. The molecule has 0 bridgehead atoms. The van der Waals surface area contributed by atoms with Crippen molar-refractivity contribution in [3.63, 3.8) is 0 Å². The van der Waals surface area contributed by atoms with Gasteiger partial charge in [0.15, 0.2) is 5.78 Å². The number of hydrogen-bond acceptors (Lipinski definition) is 3. The van der Waals surface area contributed by atoms with Crippen molar-refractivity contribution < 1.29 is 4.79 Å². The minimum atomic E-state index is -0.430. The number of benzene rings is 1. The maximum atomic E-state index is 12.0. The van der Waals surface area contributed by atoms with Crippen molar-refractivity contribution in [2.24, 2.45) is 0 Å². The van der Waals surface area contributed by atoms with Crippen LogP contribution in [-0.4, -0.2) is 9.86 Å². The first-order chi connectivity index (χ1) is 7.58. The third kappa shape index (κ3) is 2.60. The quantitative estimate of drug-likeness (QED) is 0.466. The van der Waals surface area contributed by atoms with E-state index in [-0.39, 0.29) is 5.78 Å². The molecule has 0 N–H and O–H groups in total. The highest BCUT2D eigenvalue weighted by molar-refractivity contribution is 8.00. The van der Waals surface area contributed by atoms with E-state index in [4.69, 9.17) is 0 Å². The summed E-state index contributed by atoms with van der Waals surface area (Å²) in [5.41, 5.74) is 1.43. The van der Waals surface area contributed by atoms with Crippen molar-refractivity contribution >= 4 is 31.0 Å². The lowest BCUT2D eigenvalue weighted by atomic mass is 9.98. The highest BCUT2D eigenvalue weighted by atomic mass is 32.2. The van der Waals surface area contributed by atoms with Crippen LogP contribution in [0.1, 0.15) is 16.8 Å². The molecule has 16 heavy (non-hydrogen) atoms. The Hall–Kier alpha value is -0.930. The highest BCUT2D eigenvalue weighted by Gasteiger charge is 2.21. The van der Waals surface area contributed by atoms with E-state index in [1.807, 2.05) is 42.5 Å². The molecule has 1 nitrogen and oxygen atoms in total. The third-order valence-corrected chi connectivity index (χ3v) is 3.11. The lowest BCUT2D eigenvalue weighted by Crippen LogP contribution is -2.13. The summed E-state index contributed by atoms with van der Waals surface area (Å²) in [4.78, 5) is 12.0. The Labute approximate surface area is 106 Å². The fourth-order valence-electron chi connectivity index (χ4n) is 1.54. The first kappa shape index (κ1) is 11.6. The van der Waals surface area contributed by atoms with Crippen molar-refractivity contribution in [2.75, 3.05) is 0 Å². The fraction of sp³-hybridized carbons (Fsp3) is 0.154. The SMILES string of the molecule is O=C(C1=CCC(S)(S)C=C1)c1ccccc1. The predicted molar refractivity (Wildman–Crippen MR) is 73.3 cm³/mol. The first-order valence-corrected chi connectivity index (χ1v) is 5.92. The van der Waals surface area contributed by atoms with Crippen molar-refractivity contribution in [3.8, 4) is 0 Å². The van der Waals surface area contributed by atoms with Crippen molar-refractivity contribution in [1.82, 2.24) is 0 Å². The van der Waals surface area contributed by atoms with Gasteiger partial charge in [0.25, 0.3) is 0 Å². The molecule has 2 rings (SSSR count). The van der Waals surface area contributed by atoms with E-state index in [0.29, 0.717) is 17.6 Å². The molecule has 1 aliphatic carbocycles. The number of Topliss-reactive ketones (excluding diaryl/α,β-unsaturated/α-hetero) is 1. The molecule has 0 saturated carbocycles. The zero-order valence-electron chi connectivity index (χ0n) is 8.63. The van der Waals surface area contributed by atoms with E-state index >= 15 is 0 Å². The van der Waals surface area contributed by atoms with E-state index < -0.39 is 4.08 Å². The molecule has 0 unspecified atom stereocenters. The van der Waals surface area contributed by atoms with E-state index in [9.17, 15) is 4.79 Å². The molecule has 0 fully saturated rings. The molecule has 0 heterocycles. The number of carbonyl (C=O) groups excluding carboxylic acids is 1. The summed E-state index contributed by atoms with van der Waals surface area (Å²) >= 11 is 8.67. The smallest absolute Gasteiger partial charge is 0.192 e. The standard InChI is InChI=1S/C13H12OS2/c14-12(10-4-2-1-3-5-10)11-6-8-13(15,16)9-7-11/h1-8,15-16H,9H2. The van der Waals surface area contributed by atoms with Crippen LogP contribution in [0.15, 0.2) is 54.1 Å². The summed E-state index contributed by atoms with van der Waals surface area (Å²) in [7, 11) is 0. The Balaban J connectivity index is 2.20. The van der Waals surface area contributed by atoms with Gasteiger partial charge in [-0.05, 0) is 6.42 Å². The van der Waals surface area contributed by atoms with Crippen LogP contribution in [0.25, 0.3) is 0 Å². The van der Waals surface area contributed by atoms with Crippen molar-refractivity contribution in [3.05, 3.63) is 59.7 Å². The molecular formula is C13H12OS2. The van der Waals surface area contributed by atoms with E-state index in [1.54, 1.807) is 6.08 Å². The molecule has 0 atom stereocenters. The average Bonchev–Trinajstić information content (AvgIpc) is 2.29. The Morgan fingerprint density at radius 3 is 2.44 bits per heavy atom. The Kier molecular flexibility index (Phi) is 3.26. The lowest BCUT2D eigenvalue weighted by molar-refractivity contribution is 0.103. The third-order valence-electron chi connectivity index (χ3n) is 2.45. The normalized spacial score (nSPS) is 18.0. The van der Waals surface area contributed by atoms with Crippen LogP contribution in [0.4, 0.5) is 0 Å². The Morgan fingerprint density at radius 1 is 1.19 bits per heavy atom. The molecule has 1 aromatic carbocycles. The minimum absolute atomic E-state index is 0.0500. The van der Waals surface area contributed by atoms with E-state index in [0.717, 1.165) is 0 Å². The number of hydrogen-bond donors (Lipinski definition) is 2. The van der Waals surface area contributed by atoms with Gasteiger partial charge >= 0.3 is 0 Å². The summed E-state index contributed by atoms with van der Waals surface area (Å²) in [5.74, 6) is 0.0500. The summed E-state index contributed by atoms with van der Waals surface area (Å²) in [6.07, 6.45) is 6.17. The molecule has 0 radical (unpaired) electrons. The van der Waals surface area contributed by atoms with Crippen LogP contribution in [0, 0.1) is 0 Å². The van der Waals surface area contributed by atoms with Crippen LogP contribution in [0.2, 0.25) is 0 Å². The Bertz CT molecular complexity index is 458. The topological polar surface area (TPSA) is 17.1 Å². The lowest BCUT2D eigenvalue weighted by Gasteiger charge is -2.20. The maximum Gasteiger partial charge on any atom is 0.192 e. The van der Waals surface area contributed by atoms with Crippen LogP contribution in [-0.2, 0) is 0 Å². The maximum absolute atomic E-state index is 12.0. The van der Waals surface area contributed by atoms with Gasteiger partial charge in [-0.1, -0.05) is 48.6 Å². The van der Waals surface area contributed by atoms with E-state index in [2.05, 4.69) is 25.3 Å². The molecule has 1 aliphatic rings. The van der Waals surface area contributed by atoms with Gasteiger partial charge in [-0.2, -0.15) is 25.3 Å². The number of thiol groups is 2. The molecule has 82 valence electrons. The number of ketones is 1. The van der Waals surface area contributed by atoms with Gasteiger partial charge in [-0.3, -0.25) is 4.79 Å². The molecule has 0 amide bonds. The summed E-state index contributed by atoms with van der Waals surface area (Å²) in [5, 5.41) is 0. The van der Waals surface area contributed by atoms with Crippen molar-refractivity contribution in [2.45, 2.75) is 10.5 Å². The second-order valence-electron chi connectivity index (χ2n) is 3.77. The number of rotatable bonds is 2. The van der Waals surface area contributed by atoms with Crippen LogP contribution in [0.5, 0.6) is 0 Å². The Morgan fingerprint density at radius 2 is 1.88 bits per heavy atom. The zero-order chi connectivity index (χ0) is 11.6. The summed E-state index contributed by atoms with van der Waals surface area (Å²) in [6, 6.07) is 9.26. The second kappa shape index (κ2) is 4.52. The van der Waals surface area contributed by atoms with E-state index in [1.165, 1.54) is 0 Å². The van der Waals surface area contributed by atoms with Crippen molar-refractivity contribution in [1.29, 1.82) is 0 Å². The molecule has 0 spiro atoms. The summed E-state index contributed by atoms with van der Waals surface area (Å²) in [6.45, 7) is 0. The van der Waals surface area contributed by atoms with Gasteiger partial charge in [-0.25, -0.2) is 0 Å². The van der Waals surface area contributed by atoms with Gasteiger partial charge < -0.3 is 0 Å². The molecule has 0 aromatic heterocycles. The van der Waals surface area contributed by atoms with Gasteiger partial charge in [0.05, 0.1) is 4.08 Å². The first-order valence-electron chi connectivity index (χ1n) is 5.02.